The maximum atomic E-state index is 8.38. The Kier molecular flexibility index (Phi) is 6.38. The minimum Gasteiger partial charge on any atom is -0.505 e. The summed E-state index contributed by atoms with van der Waals surface area (Å²) >= 11 is 0. The zero-order chi connectivity index (χ0) is 4.41. The van der Waals surface area contributed by atoms with E-state index in [-0.39, 0.29) is 30.6 Å². The van der Waals surface area contributed by atoms with Crippen molar-refractivity contribution in [2.45, 2.75) is 0 Å². The Balaban J connectivity index is 0. The molecular formula is C4H6Cl2O2. The largest absolute Gasteiger partial charge is 0.505 e. The van der Waals surface area contributed by atoms with Crippen LogP contribution in [0.25, 0.3) is 0 Å². The average Bonchev–Trinajstić information content (AvgIpc) is 1.86. The predicted molar refractivity (Wildman–Crippen MR) is 34.9 cm³/mol. The van der Waals surface area contributed by atoms with Crippen LogP contribution in [0.1, 0.15) is 0 Å². The molecule has 48 valence electrons. The number of aromatic hydroxyl groups is 1. The van der Waals surface area contributed by atoms with Gasteiger partial charge in [0.25, 0.3) is 0 Å². The van der Waals surface area contributed by atoms with E-state index in [0.29, 0.717) is 0 Å². The Labute approximate surface area is 59.3 Å². The molecule has 2 nitrogen and oxygen atoms in total. The average molecular weight is 157 g/mol. The van der Waals surface area contributed by atoms with Crippen molar-refractivity contribution in [3.05, 3.63) is 18.6 Å². The van der Waals surface area contributed by atoms with Crippen molar-refractivity contribution in [1.82, 2.24) is 0 Å². The van der Waals surface area contributed by atoms with Gasteiger partial charge in [-0.05, 0) is 0 Å². The molecule has 0 saturated carbocycles. The van der Waals surface area contributed by atoms with E-state index in [1.165, 1.54) is 18.6 Å². The highest BCUT2D eigenvalue weighted by molar-refractivity contribution is 5.85. The lowest BCUT2D eigenvalue weighted by Gasteiger charge is -1.66. The van der Waals surface area contributed by atoms with Gasteiger partial charge in [-0.1, -0.05) is 0 Å². The Morgan fingerprint density at radius 2 is 2.00 bits per heavy atom. The van der Waals surface area contributed by atoms with Crippen LogP contribution in [-0.2, 0) is 0 Å². The molecule has 0 fully saturated rings. The monoisotopic (exact) mass is 156 g/mol. The van der Waals surface area contributed by atoms with E-state index in [0.717, 1.165) is 0 Å². The molecule has 0 aliphatic rings. The van der Waals surface area contributed by atoms with E-state index in [4.69, 9.17) is 5.11 Å². The number of halogens is 2. The zero-order valence-corrected chi connectivity index (χ0v) is 5.54. The molecule has 0 radical (unpaired) electrons. The molecule has 0 spiro atoms. The van der Waals surface area contributed by atoms with Gasteiger partial charge in [0.1, 0.15) is 6.26 Å². The highest BCUT2D eigenvalue weighted by Crippen LogP contribution is 2.04. The van der Waals surface area contributed by atoms with Crippen LogP contribution >= 0.6 is 24.8 Å². The van der Waals surface area contributed by atoms with Crippen molar-refractivity contribution in [3.63, 3.8) is 0 Å². The number of rotatable bonds is 0. The molecule has 1 N–H and O–H groups in total. The number of hydrogen-bond donors (Lipinski definition) is 1. The normalized spacial score (nSPS) is 6.50. The van der Waals surface area contributed by atoms with Gasteiger partial charge in [0, 0.05) is 6.07 Å². The molecule has 0 aliphatic carbocycles. The molecule has 0 amide bonds. The summed E-state index contributed by atoms with van der Waals surface area (Å²) in [6.07, 6.45) is 2.68. The lowest BCUT2D eigenvalue weighted by atomic mass is 10.6. The van der Waals surface area contributed by atoms with Gasteiger partial charge in [0.05, 0.1) is 6.26 Å². The van der Waals surface area contributed by atoms with E-state index >= 15 is 0 Å². The van der Waals surface area contributed by atoms with Crippen LogP contribution < -0.4 is 0 Å². The van der Waals surface area contributed by atoms with E-state index in [1.807, 2.05) is 0 Å². The van der Waals surface area contributed by atoms with Crippen LogP contribution in [-0.4, -0.2) is 5.11 Å². The van der Waals surface area contributed by atoms with E-state index < -0.39 is 0 Å². The fraction of sp³-hybridized carbons (Fsp3) is 0. The summed E-state index contributed by atoms with van der Waals surface area (Å²) in [5.74, 6) is 0.176. The second kappa shape index (κ2) is 4.81. The van der Waals surface area contributed by atoms with Gasteiger partial charge in [0.15, 0.2) is 5.75 Å². The molecule has 0 aromatic carbocycles. The van der Waals surface area contributed by atoms with Crippen molar-refractivity contribution in [2.24, 2.45) is 0 Å². The van der Waals surface area contributed by atoms with Gasteiger partial charge in [-0.25, -0.2) is 0 Å². The standard InChI is InChI=1S/C4H4O2.2ClH/c5-4-1-2-6-3-4;;/h1-3,5H;2*1H. The zero-order valence-electron chi connectivity index (χ0n) is 3.90. The smallest absolute Gasteiger partial charge is 0.153 e. The minimum atomic E-state index is 0. The molecule has 0 unspecified atom stereocenters. The van der Waals surface area contributed by atoms with Crippen molar-refractivity contribution >= 4 is 24.8 Å². The molecule has 1 rings (SSSR count). The number of furan rings is 1. The Morgan fingerprint density at radius 3 is 2.12 bits per heavy atom. The predicted octanol–water partition coefficient (Wildman–Crippen LogP) is 1.83. The van der Waals surface area contributed by atoms with Crippen molar-refractivity contribution in [2.75, 3.05) is 0 Å². The summed E-state index contributed by atoms with van der Waals surface area (Å²) in [6, 6.07) is 1.47. The third-order valence-corrected chi connectivity index (χ3v) is 0.506. The molecule has 0 bridgehead atoms. The highest BCUT2D eigenvalue weighted by atomic mass is 35.5. The van der Waals surface area contributed by atoms with Gasteiger partial charge in [-0.15, -0.1) is 24.8 Å². The molecule has 4 heteroatoms. The van der Waals surface area contributed by atoms with Crippen LogP contribution in [0.2, 0.25) is 0 Å². The van der Waals surface area contributed by atoms with Gasteiger partial charge in [0.2, 0.25) is 0 Å². The van der Waals surface area contributed by atoms with Crippen LogP contribution in [0.15, 0.2) is 23.0 Å². The third-order valence-electron chi connectivity index (χ3n) is 0.506. The molecule has 1 heterocycles. The molecule has 1 aromatic heterocycles. The van der Waals surface area contributed by atoms with Crippen LogP contribution in [0.4, 0.5) is 0 Å². The first kappa shape index (κ1) is 10.6. The third kappa shape index (κ3) is 2.77. The van der Waals surface area contributed by atoms with Crippen molar-refractivity contribution in [3.8, 4) is 5.75 Å². The highest BCUT2D eigenvalue weighted by Gasteiger charge is 1.79. The summed E-state index contributed by atoms with van der Waals surface area (Å²) in [6.45, 7) is 0. The van der Waals surface area contributed by atoms with E-state index in [9.17, 15) is 0 Å². The number of hydrogen-bond acceptors (Lipinski definition) is 2. The van der Waals surface area contributed by atoms with Gasteiger partial charge in [-0.2, -0.15) is 0 Å². The van der Waals surface area contributed by atoms with E-state index in [1.54, 1.807) is 0 Å². The second-order valence-electron chi connectivity index (χ2n) is 0.982. The fourth-order valence-electron chi connectivity index (χ4n) is 0.257. The second-order valence-corrected chi connectivity index (χ2v) is 0.982. The van der Waals surface area contributed by atoms with Crippen LogP contribution in [0.5, 0.6) is 5.75 Å². The summed E-state index contributed by atoms with van der Waals surface area (Å²) in [4.78, 5) is 0. The molecule has 1 aromatic rings. The lowest BCUT2D eigenvalue weighted by molar-refractivity contribution is 0.458. The first-order valence-electron chi connectivity index (χ1n) is 1.61. The van der Waals surface area contributed by atoms with Crippen LogP contribution in [0.3, 0.4) is 0 Å². The first-order chi connectivity index (χ1) is 2.89. The minimum absolute atomic E-state index is 0. The summed E-state index contributed by atoms with van der Waals surface area (Å²) in [5, 5.41) is 8.38. The quantitative estimate of drug-likeness (QED) is 0.623. The summed E-state index contributed by atoms with van der Waals surface area (Å²) in [5.41, 5.74) is 0. The summed E-state index contributed by atoms with van der Waals surface area (Å²) < 4.78 is 4.46. The van der Waals surface area contributed by atoms with Crippen molar-refractivity contribution < 1.29 is 9.52 Å². The maximum Gasteiger partial charge on any atom is 0.153 e. The van der Waals surface area contributed by atoms with Gasteiger partial charge < -0.3 is 9.52 Å². The summed E-state index contributed by atoms with van der Waals surface area (Å²) in [7, 11) is 0. The Bertz CT molecular complexity index is 116. The molecule has 0 aliphatic heterocycles. The lowest BCUT2D eigenvalue weighted by Crippen LogP contribution is -1.40. The maximum absolute atomic E-state index is 8.38. The van der Waals surface area contributed by atoms with Gasteiger partial charge in [-0.3, -0.25) is 0 Å². The van der Waals surface area contributed by atoms with Crippen molar-refractivity contribution in [1.29, 1.82) is 0 Å². The molecule has 0 atom stereocenters. The molecule has 8 heavy (non-hydrogen) atoms. The SMILES string of the molecule is Cl.Cl.Oc1ccoc1. The van der Waals surface area contributed by atoms with Crippen LogP contribution in [0, 0.1) is 0 Å². The van der Waals surface area contributed by atoms with Gasteiger partial charge >= 0.3 is 0 Å². The fourth-order valence-corrected chi connectivity index (χ4v) is 0.257. The first-order valence-corrected chi connectivity index (χ1v) is 1.61. The Hall–Kier alpha value is -0.340. The Morgan fingerprint density at radius 1 is 1.38 bits per heavy atom. The molecular weight excluding hydrogens is 151 g/mol. The van der Waals surface area contributed by atoms with E-state index in [2.05, 4.69) is 4.42 Å². The topological polar surface area (TPSA) is 33.4 Å². The molecule has 0 saturated heterocycles.